The van der Waals surface area contributed by atoms with E-state index in [2.05, 4.69) is 20.5 Å². The van der Waals surface area contributed by atoms with Crippen molar-refractivity contribution >= 4 is 23.1 Å². The average molecular weight is 236 g/mol. The van der Waals surface area contributed by atoms with Gasteiger partial charge in [-0.2, -0.15) is 0 Å². The molecule has 0 atom stereocenters. The van der Waals surface area contributed by atoms with Gasteiger partial charge in [-0.3, -0.25) is 0 Å². The number of carboxylic acids is 1. The van der Waals surface area contributed by atoms with E-state index in [1.165, 1.54) is 17.4 Å². The van der Waals surface area contributed by atoms with Crippen LogP contribution in [0.4, 0.5) is 5.82 Å². The molecule has 0 fully saturated rings. The summed E-state index contributed by atoms with van der Waals surface area (Å²) in [5.41, 5.74) is -0.0696. The first-order valence-corrected chi connectivity index (χ1v) is 5.33. The molecule has 7 heteroatoms. The topological polar surface area (TPSA) is 88.0 Å². The molecule has 0 spiro atoms. The fourth-order valence-electron chi connectivity index (χ4n) is 1.05. The maximum Gasteiger partial charge on any atom is 0.356 e. The number of carboxylic acid groups (broad SMARTS) is 1. The van der Waals surface area contributed by atoms with Crippen molar-refractivity contribution in [3.8, 4) is 0 Å². The quantitative estimate of drug-likeness (QED) is 0.830. The van der Waals surface area contributed by atoms with E-state index in [9.17, 15) is 4.79 Å². The van der Waals surface area contributed by atoms with Crippen molar-refractivity contribution in [3.63, 3.8) is 0 Å². The van der Waals surface area contributed by atoms with Crippen LogP contribution in [0.3, 0.4) is 0 Å². The Balaban J connectivity index is 1.98. The Hall–Kier alpha value is -2.02. The number of nitrogens with one attached hydrogen (secondary N) is 1. The van der Waals surface area contributed by atoms with E-state index in [0.29, 0.717) is 12.4 Å². The maximum absolute atomic E-state index is 10.5. The predicted octanol–water partition coefficient (Wildman–Crippen LogP) is 1.24. The van der Waals surface area contributed by atoms with Crippen molar-refractivity contribution in [1.82, 2.24) is 15.2 Å². The number of carbonyl (C=O) groups is 1. The van der Waals surface area contributed by atoms with Crippen molar-refractivity contribution in [1.29, 1.82) is 0 Å². The highest BCUT2D eigenvalue weighted by atomic mass is 32.1. The molecule has 0 aliphatic heterocycles. The van der Waals surface area contributed by atoms with E-state index in [0.717, 1.165) is 5.01 Å². The Morgan fingerprint density at radius 2 is 2.31 bits per heavy atom. The summed E-state index contributed by atoms with van der Waals surface area (Å²) in [5.74, 6) is -0.556. The summed E-state index contributed by atoms with van der Waals surface area (Å²) < 4.78 is 0. The molecule has 6 nitrogen and oxygen atoms in total. The number of aromatic nitrogens is 3. The van der Waals surface area contributed by atoms with Crippen LogP contribution in [0.5, 0.6) is 0 Å². The van der Waals surface area contributed by atoms with Crippen LogP contribution in [-0.4, -0.2) is 26.3 Å². The van der Waals surface area contributed by atoms with E-state index in [1.807, 2.05) is 5.38 Å². The normalized spacial score (nSPS) is 10.0. The molecule has 0 radical (unpaired) electrons. The van der Waals surface area contributed by atoms with E-state index >= 15 is 0 Å². The molecule has 0 saturated heterocycles. The molecule has 2 N–H and O–H groups in total. The van der Waals surface area contributed by atoms with Crippen LogP contribution in [0.1, 0.15) is 15.5 Å². The van der Waals surface area contributed by atoms with E-state index in [1.54, 1.807) is 12.3 Å². The highest BCUT2D eigenvalue weighted by Crippen LogP contribution is 2.07. The van der Waals surface area contributed by atoms with Gasteiger partial charge in [-0.05, 0) is 12.1 Å². The summed E-state index contributed by atoms with van der Waals surface area (Å²) in [5, 5.41) is 21.7. The van der Waals surface area contributed by atoms with Crippen molar-refractivity contribution in [2.45, 2.75) is 6.54 Å². The Morgan fingerprint density at radius 1 is 1.44 bits per heavy atom. The third kappa shape index (κ3) is 2.51. The van der Waals surface area contributed by atoms with Crippen molar-refractivity contribution in [2.24, 2.45) is 0 Å². The summed E-state index contributed by atoms with van der Waals surface area (Å²) in [4.78, 5) is 14.6. The third-order valence-corrected chi connectivity index (χ3v) is 2.57. The number of aromatic carboxylic acids is 1. The fourth-order valence-corrected chi connectivity index (χ4v) is 1.60. The minimum absolute atomic E-state index is 0.0696. The molecule has 2 heterocycles. The molecule has 16 heavy (non-hydrogen) atoms. The van der Waals surface area contributed by atoms with Gasteiger partial charge in [-0.15, -0.1) is 21.5 Å². The standard InChI is InChI=1S/C9H8N4O2S/c14-9(15)6-1-2-7(13-12-6)11-5-8-10-3-4-16-8/h1-4H,5H2,(H,11,13)(H,14,15). The first-order chi connectivity index (χ1) is 7.75. The van der Waals surface area contributed by atoms with Gasteiger partial charge >= 0.3 is 5.97 Å². The lowest BCUT2D eigenvalue weighted by Crippen LogP contribution is -2.05. The van der Waals surface area contributed by atoms with Gasteiger partial charge in [0, 0.05) is 11.6 Å². The van der Waals surface area contributed by atoms with Gasteiger partial charge in [-0.1, -0.05) is 0 Å². The highest BCUT2D eigenvalue weighted by Gasteiger charge is 2.04. The van der Waals surface area contributed by atoms with Gasteiger partial charge in [0.2, 0.25) is 0 Å². The number of hydrogen-bond donors (Lipinski definition) is 2. The van der Waals surface area contributed by atoms with Crippen LogP contribution in [0.25, 0.3) is 0 Å². The zero-order valence-corrected chi connectivity index (χ0v) is 8.94. The minimum atomic E-state index is -1.08. The van der Waals surface area contributed by atoms with Crippen molar-refractivity contribution < 1.29 is 9.90 Å². The van der Waals surface area contributed by atoms with Crippen LogP contribution >= 0.6 is 11.3 Å². The Labute approximate surface area is 95.0 Å². The second-order valence-electron chi connectivity index (χ2n) is 2.89. The summed E-state index contributed by atoms with van der Waals surface area (Å²) >= 11 is 1.53. The number of hydrogen-bond acceptors (Lipinski definition) is 6. The Kier molecular flexibility index (Phi) is 3.06. The molecule has 82 valence electrons. The van der Waals surface area contributed by atoms with Crippen molar-refractivity contribution in [3.05, 3.63) is 34.4 Å². The fraction of sp³-hybridized carbons (Fsp3) is 0.111. The molecule has 0 aliphatic carbocycles. The molecule has 2 aromatic heterocycles. The number of thiazole rings is 1. The number of nitrogens with zero attached hydrogens (tertiary/aromatic N) is 3. The molecule has 0 bridgehead atoms. The molecule has 2 rings (SSSR count). The lowest BCUT2D eigenvalue weighted by atomic mass is 10.4. The molecular weight excluding hydrogens is 228 g/mol. The first-order valence-electron chi connectivity index (χ1n) is 4.45. The van der Waals surface area contributed by atoms with E-state index < -0.39 is 5.97 Å². The SMILES string of the molecule is O=C(O)c1ccc(NCc2nccs2)nn1. The summed E-state index contributed by atoms with van der Waals surface area (Å²) in [6, 6.07) is 2.98. The molecule has 2 aromatic rings. The first kappa shape index (κ1) is 10.5. The van der Waals surface area contributed by atoms with Gasteiger partial charge in [-0.25, -0.2) is 9.78 Å². The second kappa shape index (κ2) is 4.67. The molecular formula is C9H8N4O2S. The monoisotopic (exact) mass is 236 g/mol. The Morgan fingerprint density at radius 3 is 2.88 bits per heavy atom. The van der Waals surface area contributed by atoms with Crippen LogP contribution in [0, 0.1) is 0 Å². The highest BCUT2D eigenvalue weighted by molar-refractivity contribution is 7.09. The molecule has 0 unspecified atom stereocenters. The van der Waals surface area contributed by atoms with Crippen LogP contribution in [-0.2, 0) is 6.54 Å². The summed E-state index contributed by atoms with van der Waals surface area (Å²) in [6.07, 6.45) is 1.72. The zero-order valence-electron chi connectivity index (χ0n) is 8.12. The summed E-state index contributed by atoms with van der Waals surface area (Å²) in [7, 11) is 0. The van der Waals surface area contributed by atoms with Gasteiger partial charge < -0.3 is 10.4 Å². The molecule has 0 amide bonds. The molecule has 0 saturated carbocycles. The van der Waals surface area contributed by atoms with E-state index in [-0.39, 0.29) is 5.69 Å². The number of anilines is 1. The Bertz CT molecular complexity index is 469. The van der Waals surface area contributed by atoms with E-state index in [4.69, 9.17) is 5.11 Å². The summed E-state index contributed by atoms with van der Waals surface area (Å²) in [6.45, 7) is 0.554. The van der Waals surface area contributed by atoms with Crippen LogP contribution in [0.15, 0.2) is 23.7 Å². The third-order valence-electron chi connectivity index (χ3n) is 1.79. The van der Waals surface area contributed by atoms with Gasteiger partial charge in [0.1, 0.15) is 10.8 Å². The van der Waals surface area contributed by atoms with Crippen LogP contribution in [0.2, 0.25) is 0 Å². The van der Waals surface area contributed by atoms with Gasteiger partial charge in [0.25, 0.3) is 0 Å². The van der Waals surface area contributed by atoms with Crippen LogP contribution < -0.4 is 5.32 Å². The predicted molar refractivity (Wildman–Crippen MR) is 58.4 cm³/mol. The lowest BCUT2D eigenvalue weighted by molar-refractivity contribution is 0.0689. The molecule has 0 aromatic carbocycles. The maximum atomic E-state index is 10.5. The smallest absolute Gasteiger partial charge is 0.356 e. The number of rotatable bonds is 4. The zero-order chi connectivity index (χ0) is 11.4. The van der Waals surface area contributed by atoms with Gasteiger partial charge in [0.05, 0.1) is 6.54 Å². The average Bonchev–Trinajstić information content (AvgIpc) is 2.80. The largest absolute Gasteiger partial charge is 0.476 e. The van der Waals surface area contributed by atoms with Crippen molar-refractivity contribution in [2.75, 3.05) is 5.32 Å². The lowest BCUT2D eigenvalue weighted by Gasteiger charge is -2.01. The molecule has 0 aliphatic rings. The minimum Gasteiger partial charge on any atom is -0.476 e. The van der Waals surface area contributed by atoms with Gasteiger partial charge in [0.15, 0.2) is 5.69 Å². The second-order valence-corrected chi connectivity index (χ2v) is 3.87.